The molecule has 0 spiro atoms. The van der Waals surface area contributed by atoms with Gasteiger partial charge < -0.3 is 5.32 Å². The molecule has 2 heterocycles. The number of nitrogens with zero attached hydrogens (tertiary/aromatic N) is 3. The Morgan fingerprint density at radius 2 is 2.25 bits per heavy atom. The summed E-state index contributed by atoms with van der Waals surface area (Å²) in [6, 6.07) is -0.0828. The number of hydrogen-bond acceptors (Lipinski definition) is 5. The fourth-order valence-electron chi connectivity index (χ4n) is 2.76. The van der Waals surface area contributed by atoms with Crippen LogP contribution in [0.5, 0.6) is 0 Å². The van der Waals surface area contributed by atoms with E-state index in [9.17, 15) is 8.42 Å². The summed E-state index contributed by atoms with van der Waals surface area (Å²) < 4.78 is 25.2. The molecule has 134 valence electrons. The van der Waals surface area contributed by atoms with Gasteiger partial charge in [0.15, 0.2) is 14.9 Å². The molecule has 2 rings (SSSR count). The number of aromatic nitrogens is 2. The van der Waals surface area contributed by atoms with Gasteiger partial charge in [-0.2, -0.15) is 10.2 Å². The first kappa shape index (κ1) is 18.9. The van der Waals surface area contributed by atoms with E-state index in [1.165, 1.54) is 0 Å². The number of nitrogens with one attached hydrogen (secondary N) is 2. The molecule has 1 aromatic heterocycles. The van der Waals surface area contributed by atoms with Crippen molar-refractivity contribution in [3.63, 3.8) is 0 Å². The Morgan fingerprint density at radius 3 is 2.88 bits per heavy atom. The summed E-state index contributed by atoms with van der Waals surface area (Å²) >= 11 is 5.14. The zero-order valence-corrected chi connectivity index (χ0v) is 16.0. The number of hydrazone groups is 1. The number of aryl methyl sites for hydroxylation is 1. The average Bonchev–Trinajstić information content (AvgIpc) is 3.01. The molecule has 0 saturated carbocycles. The smallest absolute Gasteiger partial charge is 0.186 e. The molecule has 0 unspecified atom stereocenters. The SMILES string of the molecule is CCCCNC(=S)N/N=C\c1c(C)nn([C@@H]2CCS(=O)(=O)C2)c1C. The zero-order valence-electron chi connectivity index (χ0n) is 14.4. The molecule has 7 nitrogen and oxygen atoms in total. The molecule has 1 atom stereocenters. The van der Waals surface area contributed by atoms with E-state index >= 15 is 0 Å². The van der Waals surface area contributed by atoms with Gasteiger partial charge in [-0.1, -0.05) is 13.3 Å². The molecule has 2 N–H and O–H groups in total. The minimum Gasteiger partial charge on any atom is -0.361 e. The average molecular weight is 372 g/mol. The van der Waals surface area contributed by atoms with Crippen LogP contribution in [0.4, 0.5) is 0 Å². The van der Waals surface area contributed by atoms with Crippen LogP contribution in [0.3, 0.4) is 0 Å². The number of rotatable bonds is 6. The van der Waals surface area contributed by atoms with E-state index in [1.54, 1.807) is 6.21 Å². The maximum Gasteiger partial charge on any atom is 0.186 e. The molecule has 0 bridgehead atoms. The van der Waals surface area contributed by atoms with Crippen LogP contribution in [0, 0.1) is 13.8 Å². The predicted octanol–water partition coefficient (Wildman–Crippen LogP) is 1.46. The number of hydrogen-bond donors (Lipinski definition) is 2. The van der Waals surface area contributed by atoms with Gasteiger partial charge in [-0.3, -0.25) is 10.1 Å². The Hall–Kier alpha value is -1.48. The van der Waals surface area contributed by atoms with Crippen molar-refractivity contribution in [3.8, 4) is 0 Å². The number of sulfone groups is 1. The monoisotopic (exact) mass is 371 g/mol. The first-order valence-electron chi connectivity index (χ1n) is 8.17. The lowest BCUT2D eigenvalue weighted by Crippen LogP contribution is -2.32. The highest BCUT2D eigenvalue weighted by Crippen LogP contribution is 2.26. The van der Waals surface area contributed by atoms with Gasteiger partial charge in [-0.15, -0.1) is 0 Å². The van der Waals surface area contributed by atoms with Gasteiger partial charge in [0.2, 0.25) is 0 Å². The zero-order chi connectivity index (χ0) is 17.7. The van der Waals surface area contributed by atoms with E-state index < -0.39 is 9.84 Å². The van der Waals surface area contributed by atoms with E-state index in [1.807, 2.05) is 18.5 Å². The van der Waals surface area contributed by atoms with Crippen molar-refractivity contribution >= 4 is 33.4 Å². The first-order valence-corrected chi connectivity index (χ1v) is 10.4. The van der Waals surface area contributed by atoms with Gasteiger partial charge in [0.05, 0.1) is 29.5 Å². The minimum absolute atomic E-state index is 0.0828. The van der Waals surface area contributed by atoms with Crippen molar-refractivity contribution in [2.75, 3.05) is 18.1 Å². The highest BCUT2D eigenvalue weighted by atomic mass is 32.2. The van der Waals surface area contributed by atoms with Gasteiger partial charge in [0, 0.05) is 17.8 Å². The van der Waals surface area contributed by atoms with Crippen LogP contribution in [0.25, 0.3) is 0 Å². The molecule has 0 amide bonds. The summed E-state index contributed by atoms with van der Waals surface area (Å²) in [5.74, 6) is 0.397. The third-order valence-corrected chi connectivity index (χ3v) is 6.10. The van der Waals surface area contributed by atoms with E-state index in [-0.39, 0.29) is 17.5 Å². The summed E-state index contributed by atoms with van der Waals surface area (Å²) in [4.78, 5) is 0. The fraction of sp³-hybridized carbons (Fsp3) is 0.667. The largest absolute Gasteiger partial charge is 0.361 e. The Morgan fingerprint density at radius 1 is 1.50 bits per heavy atom. The first-order chi connectivity index (χ1) is 11.3. The number of thiocarbonyl (C=S) groups is 1. The van der Waals surface area contributed by atoms with Crippen molar-refractivity contribution in [1.29, 1.82) is 0 Å². The molecular weight excluding hydrogens is 346 g/mol. The minimum atomic E-state index is -2.94. The molecule has 24 heavy (non-hydrogen) atoms. The lowest BCUT2D eigenvalue weighted by Gasteiger charge is -2.10. The van der Waals surface area contributed by atoms with Gasteiger partial charge in [0.25, 0.3) is 0 Å². The van der Waals surface area contributed by atoms with E-state index in [2.05, 4.69) is 27.9 Å². The molecule has 1 aliphatic rings. The molecule has 0 radical (unpaired) electrons. The van der Waals surface area contributed by atoms with E-state index in [0.29, 0.717) is 11.5 Å². The molecule has 1 fully saturated rings. The van der Waals surface area contributed by atoms with Crippen molar-refractivity contribution in [2.45, 2.75) is 46.1 Å². The fourth-order valence-corrected chi connectivity index (χ4v) is 4.61. The highest BCUT2D eigenvalue weighted by Gasteiger charge is 2.31. The molecule has 9 heteroatoms. The highest BCUT2D eigenvalue weighted by molar-refractivity contribution is 7.91. The van der Waals surface area contributed by atoms with Crippen LogP contribution < -0.4 is 10.7 Å². The van der Waals surface area contributed by atoms with Crippen molar-refractivity contribution < 1.29 is 8.42 Å². The quantitative estimate of drug-likeness (QED) is 0.341. The maximum atomic E-state index is 11.7. The van der Waals surface area contributed by atoms with Crippen LogP contribution in [0.2, 0.25) is 0 Å². The Bertz CT molecular complexity index is 724. The van der Waals surface area contributed by atoms with E-state index in [4.69, 9.17) is 12.2 Å². The topological polar surface area (TPSA) is 88.4 Å². The second kappa shape index (κ2) is 8.06. The van der Waals surface area contributed by atoms with Crippen LogP contribution in [0.1, 0.15) is 49.2 Å². The van der Waals surface area contributed by atoms with Gasteiger partial charge in [-0.05, 0) is 38.9 Å². The Balaban J connectivity index is 2.01. The number of unbranched alkanes of at least 4 members (excludes halogenated alkanes) is 1. The van der Waals surface area contributed by atoms with Crippen molar-refractivity contribution in [1.82, 2.24) is 20.5 Å². The van der Waals surface area contributed by atoms with Crippen LogP contribution >= 0.6 is 12.2 Å². The Labute approximate surface area is 148 Å². The van der Waals surface area contributed by atoms with E-state index in [0.717, 1.165) is 36.3 Å². The Kier molecular flexibility index (Phi) is 6.34. The second-order valence-electron chi connectivity index (χ2n) is 6.07. The van der Waals surface area contributed by atoms with Crippen LogP contribution in [0.15, 0.2) is 5.10 Å². The van der Waals surface area contributed by atoms with Crippen molar-refractivity contribution in [2.24, 2.45) is 5.10 Å². The van der Waals surface area contributed by atoms with Gasteiger partial charge >= 0.3 is 0 Å². The summed E-state index contributed by atoms with van der Waals surface area (Å²) in [6.07, 6.45) is 4.46. The standard InChI is InChI=1S/C15H25N5O2S2/c1-4-5-7-16-15(23)18-17-9-14-11(2)19-20(12(14)3)13-6-8-24(21,22)10-13/h9,13H,4-8,10H2,1-3H3,(H2,16,18,23)/b17-9-/t13-/m1/s1. The molecular formula is C15H25N5O2S2. The normalized spacial score (nSPS) is 19.7. The lowest BCUT2D eigenvalue weighted by molar-refractivity contribution is 0.486. The molecule has 1 saturated heterocycles. The molecule has 0 aliphatic carbocycles. The summed E-state index contributed by atoms with van der Waals surface area (Å²) in [5, 5.41) is 12.2. The third kappa shape index (κ3) is 4.76. The van der Waals surface area contributed by atoms with Crippen LogP contribution in [-0.4, -0.2) is 47.6 Å². The molecule has 1 aliphatic heterocycles. The lowest BCUT2D eigenvalue weighted by atomic mass is 10.2. The van der Waals surface area contributed by atoms with Gasteiger partial charge in [0.1, 0.15) is 0 Å². The third-order valence-electron chi connectivity index (χ3n) is 4.11. The molecule has 0 aromatic carbocycles. The predicted molar refractivity (Wildman–Crippen MR) is 100 cm³/mol. The molecule has 1 aromatic rings. The second-order valence-corrected chi connectivity index (χ2v) is 8.70. The maximum absolute atomic E-state index is 11.7. The van der Waals surface area contributed by atoms with Crippen LogP contribution in [-0.2, 0) is 9.84 Å². The van der Waals surface area contributed by atoms with Gasteiger partial charge in [-0.25, -0.2) is 8.42 Å². The summed E-state index contributed by atoms with van der Waals surface area (Å²) in [5.41, 5.74) is 5.43. The van der Waals surface area contributed by atoms with Crippen molar-refractivity contribution in [3.05, 3.63) is 17.0 Å². The summed E-state index contributed by atoms with van der Waals surface area (Å²) in [6.45, 7) is 6.77. The summed E-state index contributed by atoms with van der Waals surface area (Å²) in [7, 11) is -2.94.